The van der Waals surface area contributed by atoms with E-state index in [0.717, 1.165) is 0 Å². The van der Waals surface area contributed by atoms with Gasteiger partial charge in [-0.05, 0) is 74.5 Å². The maximum absolute atomic E-state index is 12.7. The molecule has 0 atom stereocenters. The molecule has 0 fully saturated rings. The molecule has 176 valence electrons. The Morgan fingerprint density at radius 1 is 0.706 bits per heavy atom. The van der Waals surface area contributed by atoms with Crippen molar-refractivity contribution in [2.45, 2.75) is 13.8 Å². The fraction of sp³-hybridized carbons (Fsp3) is 0.160. The van der Waals surface area contributed by atoms with Crippen LogP contribution in [0.2, 0.25) is 5.02 Å². The quantitative estimate of drug-likeness (QED) is 0.412. The molecule has 0 saturated heterocycles. The molecule has 3 rings (SSSR count). The number of anilines is 1. The number of carbonyl (C=O) groups excluding carboxylic acids is 3. The summed E-state index contributed by atoms with van der Waals surface area (Å²) in [5, 5.41) is 3.25. The van der Waals surface area contributed by atoms with E-state index in [-0.39, 0.29) is 11.5 Å². The Labute approximate surface area is 202 Å². The van der Waals surface area contributed by atoms with E-state index in [1.807, 2.05) is 13.8 Å². The molecule has 0 saturated carbocycles. The molecule has 3 aromatic carbocycles. The van der Waals surface area contributed by atoms with Gasteiger partial charge in [-0.15, -0.1) is 0 Å². The van der Waals surface area contributed by atoms with Crippen LogP contribution in [0.1, 0.15) is 44.9 Å². The topological polar surface area (TPSA) is 106 Å². The third-order valence-corrected chi connectivity index (χ3v) is 4.84. The molecular formula is C25H24ClN3O5. The van der Waals surface area contributed by atoms with Crippen molar-refractivity contribution in [3.63, 3.8) is 0 Å². The maximum Gasteiger partial charge on any atom is 0.269 e. The molecule has 0 aromatic heterocycles. The Morgan fingerprint density at radius 3 is 1.97 bits per heavy atom. The normalized spacial score (nSPS) is 10.2. The Bertz CT molecular complexity index is 1180. The van der Waals surface area contributed by atoms with Gasteiger partial charge in [-0.25, -0.2) is 0 Å². The van der Waals surface area contributed by atoms with Gasteiger partial charge in [-0.2, -0.15) is 0 Å². The summed E-state index contributed by atoms with van der Waals surface area (Å²) in [4.78, 5) is 37.4. The molecule has 3 amide bonds. The average Bonchev–Trinajstić information content (AvgIpc) is 2.84. The summed E-state index contributed by atoms with van der Waals surface area (Å²) >= 11 is 5.81. The molecule has 3 N–H and O–H groups in total. The summed E-state index contributed by atoms with van der Waals surface area (Å²) in [7, 11) is 0. The minimum Gasteiger partial charge on any atom is -0.490 e. The second-order valence-electron chi connectivity index (χ2n) is 6.98. The van der Waals surface area contributed by atoms with Crippen molar-refractivity contribution < 1.29 is 23.9 Å². The minimum absolute atomic E-state index is 0.246. The molecule has 0 aliphatic rings. The van der Waals surface area contributed by atoms with E-state index in [1.54, 1.807) is 48.5 Å². The largest absolute Gasteiger partial charge is 0.490 e. The zero-order chi connectivity index (χ0) is 24.5. The number of amides is 3. The number of carbonyl (C=O) groups is 3. The summed E-state index contributed by atoms with van der Waals surface area (Å²) in [6, 6.07) is 17.5. The molecule has 0 aliphatic heterocycles. The lowest BCUT2D eigenvalue weighted by Gasteiger charge is -2.13. The number of hydrogen-bond donors (Lipinski definition) is 3. The van der Waals surface area contributed by atoms with E-state index in [2.05, 4.69) is 16.2 Å². The van der Waals surface area contributed by atoms with E-state index < -0.39 is 11.8 Å². The van der Waals surface area contributed by atoms with Gasteiger partial charge < -0.3 is 14.8 Å². The first-order chi connectivity index (χ1) is 16.4. The van der Waals surface area contributed by atoms with Gasteiger partial charge in [0.2, 0.25) is 0 Å². The number of hydrazine groups is 1. The van der Waals surface area contributed by atoms with Gasteiger partial charge >= 0.3 is 0 Å². The number of halogens is 1. The van der Waals surface area contributed by atoms with Crippen LogP contribution >= 0.6 is 11.6 Å². The van der Waals surface area contributed by atoms with Gasteiger partial charge in [0.05, 0.1) is 13.2 Å². The fourth-order valence-corrected chi connectivity index (χ4v) is 3.12. The summed E-state index contributed by atoms with van der Waals surface area (Å²) in [5.74, 6) is -0.382. The first-order valence-corrected chi connectivity index (χ1v) is 11.0. The summed E-state index contributed by atoms with van der Waals surface area (Å²) in [5.41, 5.74) is 6.06. The van der Waals surface area contributed by atoms with Gasteiger partial charge in [-0.1, -0.05) is 17.7 Å². The highest BCUT2D eigenvalue weighted by Crippen LogP contribution is 2.29. The second kappa shape index (κ2) is 11.7. The van der Waals surface area contributed by atoms with Crippen LogP contribution in [0.4, 0.5) is 5.69 Å². The number of nitrogens with one attached hydrogen (secondary N) is 3. The van der Waals surface area contributed by atoms with E-state index in [4.69, 9.17) is 21.1 Å². The predicted octanol–water partition coefficient (Wildman–Crippen LogP) is 4.46. The van der Waals surface area contributed by atoms with Crippen molar-refractivity contribution in [2.75, 3.05) is 18.5 Å². The highest BCUT2D eigenvalue weighted by Gasteiger charge is 2.14. The van der Waals surface area contributed by atoms with Crippen molar-refractivity contribution >= 4 is 35.0 Å². The van der Waals surface area contributed by atoms with E-state index >= 15 is 0 Å². The van der Waals surface area contributed by atoms with E-state index in [0.29, 0.717) is 46.5 Å². The highest BCUT2D eigenvalue weighted by atomic mass is 35.5. The lowest BCUT2D eigenvalue weighted by atomic mass is 10.1. The zero-order valence-electron chi connectivity index (χ0n) is 18.7. The summed E-state index contributed by atoms with van der Waals surface area (Å²) in [6.45, 7) is 4.61. The van der Waals surface area contributed by atoms with Gasteiger partial charge in [0.25, 0.3) is 17.7 Å². The molecule has 9 heteroatoms. The van der Waals surface area contributed by atoms with Crippen molar-refractivity contribution in [3.8, 4) is 11.5 Å². The third-order valence-electron chi connectivity index (χ3n) is 4.58. The Kier molecular flexibility index (Phi) is 8.48. The molecule has 0 heterocycles. The molecular weight excluding hydrogens is 458 g/mol. The van der Waals surface area contributed by atoms with E-state index in [9.17, 15) is 14.4 Å². The smallest absolute Gasteiger partial charge is 0.269 e. The van der Waals surface area contributed by atoms with Gasteiger partial charge in [-0.3, -0.25) is 25.2 Å². The standard InChI is InChI=1S/C25H24ClN3O5/c1-3-33-21-13-10-18(15-22(21)34-4-2)23(30)27-20-7-5-6-17(14-20)25(32)29-28-24(31)16-8-11-19(26)12-9-16/h5-15H,3-4H2,1-2H3,(H,27,30)(H,28,31)(H,29,32). The number of rotatable bonds is 8. The molecule has 0 radical (unpaired) electrons. The van der Waals surface area contributed by atoms with Crippen molar-refractivity contribution in [3.05, 3.63) is 88.4 Å². The predicted molar refractivity (Wildman–Crippen MR) is 130 cm³/mol. The number of hydrogen-bond acceptors (Lipinski definition) is 5. The Hall–Kier alpha value is -4.04. The average molecular weight is 482 g/mol. The minimum atomic E-state index is -0.543. The first-order valence-electron chi connectivity index (χ1n) is 10.6. The zero-order valence-corrected chi connectivity index (χ0v) is 19.4. The van der Waals surface area contributed by atoms with Crippen LogP contribution in [0, 0.1) is 0 Å². The Balaban J connectivity index is 1.65. The SMILES string of the molecule is CCOc1ccc(C(=O)Nc2cccc(C(=O)NNC(=O)c3ccc(Cl)cc3)c2)cc1OCC. The first kappa shape index (κ1) is 24.6. The summed E-state index contributed by atoms with van der Waals surface area (Å²) in [6.07, 6.45) is 0. The van der Waals surface area contributed by atoms with Crippen LogP contribution < -0.4 is 25.6 Å². The van der Waals surface area contributed by atoms with Crippen LogP contribution in [0.25, 0.3) is 0 Å². The van der Waals surface area contributed by atoms with Crippen LogP contribution in [0.5, 0.6) is 11.5 Å². The molecule has 3 aromatic rings. The lowest BCUT2D eigenvalue weighted by Crippen LogP contribution is -2.41. The number of benzene rings is 3. The van der Waals surface area contributed by atoms with Crippen molar-refractivity contribution in [2.24, 2.45) is 0 Å². The lowest BCUT2D eigenvalue weighted by molar-refractivity contribution is 0.0846. The second-order valence-corrected chi connectivity index (χ2v) is 7.41. The molecule has 0 bridgehead atoms. The van der Waals surface area contributed by atoms with Crippen molar-refractivity contribution in [1.82, 2.24) is 10.9 Å². The van der Waals surface area contributed by atoms with Crippen LogP contribution in [0.15, 0.2) is 66.7 Å². The third kappa shape index (κ3) is 6.49. The summed E-state index contributed by atoms with van der Waals surface area (Å²) < 4.78 is 11.1. The fourth-order valence-electron chi connectivity index (χ4n) is 2.99. The molecule has 0 spiro atoms. The molecule has 0 aliphatic carbocycles. The molecule has 8 nitrogen and oxygen atoms in total. The van der Waals surface area contributed by atoms with Gasteiger partial charge in [0, 0.05) is 27.4 Å². The number of ether oxygens (including phenoxy) is 2. The molecule has 34 heavy (non-hydrogen) atoms. The highest BCUT2D eigenvalue weighted by molar-refractivity contribution is 6.30. The monoisotopic (exact) mass is 481 g/mol. The van der Waals surface area contributed by atoms with Gasteiger partial charge in [0.1, 0.15) is 0 Å². The Morgan fingerprint density at radius 2 is 1.29 bits per heavy atom. The van der Waals surface area contributed by atoms with E-state index in [1.165, 1.54) is 18.2 Å². The van der Waals surface area contributed by atoms with Crippen molar-refractivity contribution in [1.29, 1.82) is 0 Å². The van der Waals surface area contributed by atoms with Crippen LogP contribution in [0.3, 0.4) is 0 Å². The van der Waals surface area contributed by atoms with Crippen LogP contribution in [-0.4, -0.2) is 30.9 Å². The maximum atomic E-state index is 12.7. The molecule has 0 unspecified atom stereocenters. The van der Waals surface area contributed by atoms with Crippen LogP contribution in [-0.2, 0) is 0 Å². The van der Waals surface area contributed by atoms with Gasteiger partial charge in [0.15, 0.2) is 11.5 Å².